The predicted molar refractivity (Wildman–Crippen MR) is 102 cm³/mol. The van der Waals surface area contributed by atoms with E-state index in [1.54, 1.807) is 37.4 Å². The van der Waals surface area contributed by atoms with Crippen molar-refractivity contribution in [2.24, 2.45) is 5.10 Å². The van der Waals surface area contributed by atoms with Gasteiger partial charge in [-0.3, -0.25) is 4.79 Å². The molecule has 0 aliphatic rings. The highest BCUT2D eigenvalue weighted by molar-refractivity contribution is 6.30. The molecule has 1 unspecified atom stereocenters. The molecule has 5 heteroatoms. The molecule has 0 heterocycles. The predicted octanol–water partition coefficient (Wildman–Crippen LogP) is 4.56. The van der Waals surface area contributed by atoms with Crippen LogP contribution in [0.3, 0.4) is 0 Å². The zero-order valence-corrected chi connectivity index (χ0v) is 15.7. The van der Waals surface area contributed by atoms with Crippen LogP contribution in [0.5, 0.6) is 5.75 Å². The van der Waals surface area contributed by atoms with Crippen LogP contribution in [-0.2, 0) is 10.2 Å². The number of nitrogens with zero attached hydrogens (tertiary/aromatic N) is 1. The number of hydrazone groups is 1. The Hall–Kier alpha value is -2.33. The number of rotatable bonds is 5. The van der Waals surface area contributed by atoms with Gasteiger partial charge in [-0.15, -0.1) is 0 Å². The lowest BCUT2D eigenvalue weighted by molar-refractivity contribution is -0.127. The van der Waals surface area contributed by atoms with Crippen molar-refractivity contribution in [2.45, 2.75) is 39.2 Å². The summed E-state index contributed by atoms with van der Waals surface area (Å²) in [5.41, 5.74) is 4.76. The molecule has 0 bridgehead atoms. The van der Waals surface area contributed by atoms with Gasteiger partial charge in [0.15, 0.2) is 6.10 Å². The van der Waals surface area contributed by atoms with Gasteiger partial charge in [0.05, 0.1) is 6.21 Å². The Bertz CT molecular complexity index is 732. The van der Waals surface area contributed by atoms with Gasteiger partial charge in [-0.2, -0.15) is 5.10 Å². The Kier molecular flexibility index (Phi) is 6.21. The van der Waals surface area contributed by atoms with Crippen molar-refractivity contribution in [1.82, 2.24) is 5.43 Å². The number of hydrogen-bond acceptors (Lipinski definition) is 3. The van der Waals surface area contributed by atoms with E-state index in [1.807, 2.05) is 12.1 Å². The van der Waals surface area contributed by atoms with E-state index in [0.29, 0.717) is 10.8 Å². The van der Waals surface area contributed by atoms with Crippen LogP contribution < -0.4 is 10.2 Å². The molecule has 0 fully saturated rings. The monoisotopic (exact) mass is 358 g/mol. The number of benzene rings is 2. The molecule has 1 amide bonds. The standard InChI is InChI=1S/C20H23ClN2O2/c1-14(25-18-11-9-17(21)10-12-18)19(24)23-22-13-15-5-7-16(8-6-15)20(2,3)4/h5-14H,1-4H3,(H,23,24)/b22-13+. The smallest absolute Gasteiger partial charge is 0.280 e. The highest BCUT2D eigenvalue weighted by atomic mass is 35.5. The first-order chi connectivity index (χ1) is 11.8. The van der Waals surface area contributed by atoms with Gasteiger partial charge < -0.3 is 4.74 Å². The Morgan fingerprint density at radius 2 is 1.72 bits per heavy atom. The number of carbonyl (C=O) groups excluding carboxylic acids is 1. The average molecular weight is 359 g/mol. The van der Waals surface area contributed by atoms with Crippen molar-refractivity contribution in [3.05, 3.63) is 64.7 Å². The van der Waals surface area contributed by atoms with E-state index in [2.05, 4.69) is 43.4 Å². The third kappa shape index (κ3) is 5.91. The van der Waals surface area contributed by atoms with E-state index in [4.69, 9.17) is 16.3 Å². The van der Waals surface area contributed by atoms with Crippen molar-refractivity contribution in [1.29, 1.82) is 0 Å². The Morgan fingerprint density at radius 1 is 1.12 bits per heavy atom. The van der Waals surface area contributed by atoms with Crippen molar-refractivity contribution in [3.63, 3.8) is 0 Å². The number of halogens is 1. The second-order valence-electron chi connectivity index (χ2n) is 6.82. The van der Waals surface area contributed by atoms with Crippen LogP contribution in [-0.4, -0.2) is 18.2 Å². The molecule has 0 spiro atoms. The largest absolute Gasteiger partial charge is 0.481 e. The van der Waals surface area contributed by atoms with Gasteiger partial charge in [-0.25, -0.2) is 5.43 Å². The summed E-state index contributed by atoms with van der Waals surface area (Å²) in [5.74, 6) is 0.256. The summed E-state index contributed by atoms with van der Waals surface area (Å²) in [5, 5.41) is 4.60. The third-order valence-corrected chi connectivity index (χ3v) is 3.91. The first kappa shape index (κ1) is 19.0. The topological polar surface area (TPSA) is 50.7 Å². The molecule has 2 rings (SSSR count). The number of nitrogens with one attached hydrogen (secondary N) is 1. The summed E-state index contributed by atoms with van der Waals surface area (Å²) in [6.45, 7) is 8.16. The number of ether oxygens (including phenoxy) is 1. The maximum Gasteiger partial charge on any atom is 0.280 e. The van der Waals surface area contributed by atoms with Crippen LogP contribution in [0, 0.1) is 0 Å². The SMILES string of the molecule is CC(Oc1ccc(Cl)cc1)C(=O)N/N=C/c1ccc(C(C)(C)C)cc1. The van der Waals surface area contributed by atoms with Crippen LogP contribution in [0.1, 0.15) is 38.8 Å². The van der Waals surface area contributed by atoms with Crippen molar-refractivity contribution in [3.8, 4) is 5.75 Å². The van der Waals surface area contributed by atoms with Gasteiger partial charge in [0, 0.05) is 5.02 Å². The molecule has 1 N–H and O–H groups in total. The molecule has 0 saturated heterocycles. The molecule has 0 radical (unpaired) electrons. The number of amides is 1. The Morgan fingerprint density at radius 3 is 2.28 bits per heavy atom. The second-order valence-corrected chi connectivity index (χ2v) is 7.26. The minimum atomic E-state index is -0.665. The zero-order valence-electron chi connectivity index (χ0n) is 14.9. The van der Waals surface area contributed by atoms with Gasteiger partial charge in [0.1, 0.15) is 5.75 Å². The quantitative estimate of drug-likeness (QED) is 0.629. The molecule has 0 aliphatic heterocycles. The van der Waals surface area contributed by atoms with E-state index in [-0.39, 0.29) is 11.3 Å². The molecular weight excluding hydrogens is 336 g/mol. The van der Waals surface area contributed by atoms with E-state index in [1.165, 1.54) is 5.56 Å². The third-order valence-electron chi connectivity index (χ3n) is 3.66. The highest BCUT2D eigenvalue weighted by Gasteiger charge is 2.14. The van der Waals surface area contributed by atoms with E-state index in [0.717, 1.165) is 5.56 Å². The van der Waals surface area contributed by atoms with Crippen molar-refractivity contribution >= 4 is 23.7 Å². The Balaban J connectivity index is 1.88. The molecule has 25 heavy (non-hydrogen) atoms. The summed E-state index contributed by atoms with van der Waals surface area (Å²) < 4.78 is 5.54. The fourth-order valence-electron chi connectivity index (χ4n) is 2.10. The van der Waals surface area contributed by atoms with Crippen LogP contribution in [0.25, 0.3) is 0 Å². The zero-order chi connectivity index (χ0) is 18.4. The van der Waals surface area contributed by atoms with Gasteiger partial charge in [0.2, 0.25) is 0 Å². The van der Waals surface area contributed by atoms with Gasteiger partial charge in [-0.05, 0) is 47.7 Å². The molecule has 0 aliphatic carbocycles. The lowest BCUT2D eigenvalue weighted by atomic mass is 9.87. The maximum atomic E-state index is 12.0. The molecule has 1 atom stereocenters. The summed E-state index contributed by atoms with van der Waals surface area (Å²) in [4.78, 5) is 12.0. The summed E-state index contributed by atoms with van der Waals surface area (Å²) in [7, 11) is 0. The normalized spacial score (nSPS) is 12.8. The van der Waals surface area contributed by atoms with Crippen LogP contribution in [0.2, 0.25) is 5.02 Å². The van der Waals surface area contributed by atoms with Gasteiger partial charge in [0.25, 0.3) is 5.91 Å². The van der Waals surface area contributed by atoms with Crippen LogP contribution in [0.15, 0.2) is 53.6 Å². The van der Waals surface area contributed by atoms with Crippen LogP contribution in [0.4, 0.5) is 0 Å². The number of hydrogen-bond donors (Lipinski definition) is 1. The van der Waals surface area contributed by atoms with Gasteiger partial charge >= 0.3 is 0 Å². The molecular formula is C20H23ClN2O2. The minimum Gasteiger partial charge on any atom is -0.481 e. The van der Waals surface area contributed by atoms with Crippen LogP contribution >= 0.6 is 11.6 Å². The fraction of sp³-hybridized carbons (Fsp3) is 0.300. The average Bonchev–Trinajstić information content (AvgIpc) is 2.56. The number of carbonyl (C=O) groups is 1. The van der Waals surface area contributed by atoms with Crippen molar-refractivity contribution < 1.29 is 9.53 Å². The van der Waals surface area contributed by atoms with Gasteiger partial charge in [-0.1, -0.05) is 56.6 Å². The first-order valence-corrected chi connectivity index (χ1v) is 8.49. The lowest BCUT2D eigenvalue weighted by Gasteiger charge is -2.18. The van der Waals surface area contributed by atoms with E-state index in [9.17, 15) is 4.79 Å². The second kappa shape index (κ2) is 8.17. The summed E-state index contributed by atoms with van der Waals surface area (Å²) in [6, 6.07) is 14.9. The van der Waals surface area contributed by atoms with Crippen molar-refractivity contribution in [2.75, 3.05) is 0 Å². The van der Waals surface area contributed by atoms with E-state index >= 15 is 0 Å². The molecule has 0 aromatic heterocycles. The molecule has 132 valence electrons. The van der Waals surface area contributed by atoms with E-state index < -0.39 is 6.10 Å². The molecule has 4 nitrogen and oxygen atoms in total. The summed E-state index contributed by atoms with van der Waals surface area (Å²) >= 11 is 5.82. The molecule has 2 aromatic rings. The summed E-state index contributed by atoms with van der Waals surface area (Å²) in [6.07, 6.45) is 0.945. The molecule has 2 aromatic carbocycles. The minimum absolute atomic E-state index is 0.109. The fourth-order valence-corrected chi connectivity index (χ4v) is 2.23. The maximum absolute atomic E-state index is 12.0. The Labute approximate surface area is 153 Å². The lowest BCUT2D eigenvalue weighted by Crippen LogP contribution is -2.33. The first-order valence-electron chi connectivity index (χ1n) is 8.11. The molecule has 0 saturated carbocycles. The highest BCUT2D eigenvalue weighted by Crippen LogP contribution is 2.21.